The van der Waals surface area contributed by atoms with Crippen LogP contribution in [-0.2, 0) is 11.2 Å². The molecule has 1 aromatic carbocycles. The molecule has 1 heterocycles. The lowest BCUT2D eigenvalue weighted by Gasteiger charge is -2.02. The third-order valence-corrected chi connectivity index (χ3v) is 2.51. The van der Waals surface area contributed by atoms with Gasteiger partial charge in [-0.3, -0.25) is 4.79 Å². The van der Waals surface area contributed by atoms with Crippen molar-refractivity contribution < 1.29 is 23.5 Å². The molecule has 0 saturated carbocycles. The van der Waals surface area contributed by atoms with Crippen LogP contribution in [0.1, 0.15) is 22.8 Å². The Morgan fingerprint density at radius 1 is 1.16 bits per heavy atom. The maximum absolute atomic E-state index is 11.8. The van der Waals surface area contributed by atoms with Crippen LogP contribution in [0.5, 0.6) is 11.9 Å². The fraction of sp³-hybridized carbons (Fsp3) is 0.143. The highest BCUT2D eigenvalue weighted by Crippen LogP contribution is 2.22. The van der Waals surface area contributed by atoms with Gasteiger partial charge in [0.2, 0.25) is 0 Å². The van der Waals surface area contributed by atoms with Crippen LogP contribution in [-0.4, -0.2) is 12.4 Å². The molecule has 0 aliphatic heterocycles. The zero-order valence-corrected chi connectivity index (χ0v) is 10.3. The van der Waals surface area contributed by atoms with Crippen LogP contribution in [0.3, 0.4) is 0 Å². The van der Waals surface area contributed by atoms with Gasteiger partial charge in [-0.25, -0.2) is 4.79 Å². The molecule has 0 radical (unpaired) electrons. The SMILES string of the molecule is CCc1ccc(C(=O)Oc2ccc(OC=O)o2)cc1. The minimum atomic E-state index is -0.533. The minimum absolute atomic E-state index is 0.0265. The van der Waals surface area contributed by atoms with Gasteiger partial charge in [0.1, 0.15) is 0 Å². The highest BCUT2D eigenvalue weighted by atomic mass is 16.7. The number of ether oxygens (including phenoxy) is 2. The number of benzene rings is 1. The Morgan fingerprint density at radius 3 is 2.47 bits per heavy atom. The fourth-order valence-electron chi connectivity index (χ4n) is 1.50. The third-order valence-electron chi connectivity index (χ3n) is 2.51. The standard InChI is InChI=1S/C14H12O5/c1-2-10-3-5-11(6-4-10)14(16)19-13-8-7-12(18-13)17-9-15/h3-9H,2H2,1H3. The van der Waals surface area contributed by atoms with Crippen molar-refractivity contribution in [2.24, 2.45) is 0 Å². The molecule has 98 valence electrons. The Balaban J connectivity index is 2.04. The van der Waals surface area contributed by atoms with E-state index in [9.17, 15) is 9.59 Å². The highest BCUT2D eigenvalue weighted by molar-refractivity contribution is 5.90. The van der Waals surface area contributed by atoms with E-state index in [0.29, 0.717) is 5.56 Å². The molecule has 2 rings (SSSR count). The third kappa shape index (κ3) is 3.22. The normalized spacial score (nSPS) is 9.95. The Kier molecular flexibility index (Phi) is 3.97. The first-order valence-electron chi connectivity index (χ1n) is 5.74. The van der Waals surface area contributed by atoms with Crippen molar-refractivity contribution in [3.63, 3.8) is 0 Å². The summed E-state index contributed by atoms with van der Waals surface area (Å²) < 4.78 is 14.4. The summed E-state index contributed by atoms with van der Waals surface area (Å²) in [6.07, 6.45) is 0.903. The average Bonchev–Trinajstić information content (AvgIpc) is 2.86. The van der Waals surface area contributed by atoms with Gasteiger partial charge in [0, 0.05) is 12.1 Å². The van der Waals surface area contributed by atoms with Crippen molar-refractivity contribution >= 4 is 12.4 Å². The fourth-order valence-corrected chi connectivity index (χ4v) is 1.50. The van der Waals surface area contributed by atoms with Gasteiger partial charge >= 0.3 is 12.4 Å². The molecule has 0 saturated heterocycles. The number of hydrogen-bond donors (Lipinski definition) is 0. The molecule has 0 amide bonds. The van der Waals surface area contributed by atoms with Crippen molar-refractivity contribution in [1.29, 1.82) is 0 Å². The van der Waals surface area contributed by atoms with Crippen LogP contribution in [0.15, 0.2) is 40.8 Å². The predicted molar refractivity (Wildman–Crippen MR) is 66.2 cm³/mol. The van der Waals surface area contributed by atoms with Crippen LogP contribution in [0.2, 0.25) is 0 Å². The molecule has 19 heavy (non-hydrogen) atoms. The minimum Gasteiger partial charge on any atom is -0.395 e. The van der Waals surface area contributed by atoms with Crippen molar-refractivity contribution in [2.45, 2.75) is 13.3 Å². The summed E-state index contributed by atoms with van der Waals surface area (Å²) in [5.41, 5.74) is 1.56. The Hall–Kier alpha value is -2.56. The highest BCUT2D eigenvalue weighted by Gasteiger charge is 2.11. The average molecular weight is 260 g/mol. The lowest BCUT2D eigenvalue weighted by molar-refractivity contribution is -0.121. The summed E-state index contributed by atoms with van der Waals surface area (Å²) in [6, 6.07) is 9.88. The molecular weight excluding hydrogens is 248 g/mol. The van der Waals surface area contributed by atoms with E-state index in [1.54, 1.807) is 12.1 Å². The predicted octanol–water partition coefficient (Wildman–Crippen LogP) is 2.60. The second-order valence-corrected chi connectivity index (χ2v) is 3.73. The number of carbonyl (C=O) groups is 2. The number of esters is 1. The Bertz CT molecular complexity index is 568. The molecule has 5 nitrogen and oxygen atoms in total. The summed E-state index contributed by atoms with van der Waals surface area (Å²) in [6.45, 7) is 2.26. The molecule has 0 bridgehead atoms. The molecule has 1 aromatic heterocycles. The second kappa shape index (κ2) is 5.86. The van der Waals surface area contributed by atoms with E-state index in [2.05, 4.69) is 4.74 Å². The molecule has 0 unspecified atom stereocenters. The van der Waals surface area contributed by atoms with E-state index in [4.69, 9.17) is 9.15 Å². The van der Waals surface area contributed by atoms with E-state index in [0.717, 1.165) is 12.0 Å². The van der Waals surface area contributed by atoms with E-state index in [-0.39, 0.29) is 18.4 Å². The van der Waals surface area contributed by atoms with Crippen LogP contribution in [0.25, 0.3) is 0 Å². The van der Waals surface area contributed by atoms with Crippen LogP contribution < -0.4 is 9.47 Å². The lowest BCUT2D eigenvalue weighted by Crippen LogP contribution is -2.07. The van der Waals surface area contributed by atoms with Crippen LogP contribution >= 0.6 is 0 Å². The number of hydrogen-bond acceptors (Lipinski definition) is 5. The van der Waals surface area contributed by atoms with Gasteiger partial charge < -0.3 is 13.9 Å². The van der Waals surface area contributed by atoms with E-state index in [1.807, 2.05) is 19.1 Å². The summed E-state index contributed by atoms with van der Waals surface area (Å²) in [5.74, 6) is -0.588. The molecule has 0 N–H and O–H groups in total. The molecule has 0 atom stereocenters. The molecule has 5 heteroatoms. The zero-order valence-electron chi connectivity index (χ0n) is 10.3. The first-order chi connectivity index (χ1) is 9.22. The summed E-state index contributed by atoms with van der Waals surface area (Å²) in [4.78, 5) is 21.9. The van der Waals surface area contributed by atoms with Gasteiger partial charge in [-0.2, -0.15) is 0 Å². The Labute approximate surface area is 109 Å². The number of aryl methyl sites for hydroxylation is 1. The van der Waals surface area contributed by atoms with Crippen molar-refractivity contribution in [2.75, 3.05) is 0 Å². The van der Waals surface area contributed by atoms with Gasteiger partial charge in [-0.05, 0) is 24.1 Å². The van der Waals surface area contributed by atoms with Gasteiger partial charge in [0.15, 0.2) is 0 Å². The van der Waals surface area contributed by atoms with Gasteiger partial charge in [-0.15, -0.1) is 0 Å². The van der Waals surface area contributed by atoms with Crippen molar-refractivity contribution in [1.82, 2.24) is 0 Å². The molecule has 0 aliphatic carbocycles. The zero-order chi connectivity index (χ0) is 13.7. The molecular formula is C14H12O5. The molecule has 0 aliphatic rings. The monoisotopic (exact) mass is 260 g/mol. The Morgan fingerprint density at radius 2 is 1.84 bits per heavy atom. The van der Waals surface area contributed by atoms with Gasteiger partial charge in [-0.1, -0.05) is 19.1 Å². The van der Waals surface area contributed by atoms with E-state index in [1.165, 1.54) is 12.1 Å². The maximum Gasteiger partial charge on any atom is 0.345 e. The lowest BCUT2D eigenvalue weighted by atomic mass is 10.1. The smallest absolute Gasteiger partial charge is 0.345 e. The topological polar surface area (TPSA) is 65.7 Å². The largest absolute Gasteiger partial charge is 0.395 e. The molecule has 2 aromatic rings. The summed E-state index contributed by atoms with van der Waals surface area (Å²) in [7, 11) is 0. The second-order valence-electron chi connectivity index (χ2n) is 3.73. The van der Waals surface area contributed by atoms with E-state index >= 15 is 0 Å². The van der Waals surface area contributed by atoms with Crippen LogP contribution in [0, 0.1) is 0 Å². The summed E-state index contributed by atoms with van der Waals surface area (Å²) >= 11 is 0. The maximum atomic E-state index is 11.8. The first-order valence-corrected chi connectivity index (χ1v) is 5.74. The van der Waals surface area contributed by atoms with Gasteiger partial charge in [0.25, 0.3) is 11.9 Å². The van der Waals surface area contributed by atoms with Gasteiger partial charge in [0.05, 0.1) is 5.56 Å². The van der Waals surface area contributed by atoms with Crippen molar-refractivity contribution in [3.05, 3.63) is 47.5 Å². The molecule has 0 spiro atoms. The quantitative estimate of drug-likeness (QED) is 0.610. The number of rotatable bonds is 5. The molecule has 0 fully saturated rings. The van der Waals surface area contributed by atoms with E-state index < -0.39 is 5.97 Å². The number of carbonyl (C=O) groups excluding carboxylic acids is 2. The van der Waals surface area contributed by atoms with Crippen LogP contribution in [0.4, 0.5) is 0 Å². The number of furan rings is 1. The van der Waals surface area contributed by atoms with Crippen molar-refractivity contribution in [3.8, 4) is 11.9 Å². The first kappa shape index (κ1) is 12.9. The summed E-state index contributed by atoms with van der Waals surface area (Å²) in [5, 5.41) is 0.